The molecule has 1 N–H and O–H groups in total. The van der Waals surface area contributed by atoms with E-state index in [1.807, 2.05) is 25.1 Å². The molecule has 1 aromatic carbocycles. The SMILES string of the molecule is CCNCc1ccc(OC)cc1OCCOCC. The molecule has 1 aromatic rings. The Morgan fingerprint density at radius 3 is 2.67 bits per heavy atom. The predicted molar refractivity (Wildman–Crippen MR) is 72.4 cm³/mol. The van der Waals surface area contributed by atoms with Crippen LogP contribution in [0.5, 0.6) is 11.5 Å². The first-order valence-electron chi connectivity index (χ1n) is 6.40. The van der Waals surface area contributed by atoms with Crippen molar-refractivity contribution in [3.05, 3.63) is 23.8 Å². The van der Waals surface area contributed by atoms with Crippen molar-refractivity contribution >= 4 is 0 Å². The lowest BCUT2D eigenvalue weighted by Crippen LogP contribution is -2.14. The molecule has 0 radical (unpaired) electrons. The minimum Gasteiger partial charge on any atom is -0.497 e. The third-order valence-corrected chi connectivity index (χ3v) is 2.53. The van der Waals surface area contributed by atoms with Gasteiger partial charge in [0.05, 0.1) is 13.7 Å². The summed E-state index contributed by atoms with van der Waals surface area (Å²) in [5.41, 5.74) is 1.13. The summed E-state index contributed by atoms with van der Waals surface area (Å²) in [4.78, 5) is 0. The van der Waals surface area contributed by atoms with Crippen LogP contribution in [0, 0.1) is 0 Å². The van der Waals surface area contributed by atoms with E-state index in [1.54, 1.807) is 7.11 Å². The highest BCUT2D eigenvalue weighted by Crippen LogP contribution is 2.24. The standard InChI is InChI=1S/C14H23NO3/c1-4-15-11-12-6-7-13(16-3)10-14(12)18-9-8-17-5-2/h6-7,10,15H,4-5,8-9,11H2,1-3H3. The van der Waals surface area contributed by atoms with Crippen LogP contribution in [0.2, 0.25) is 0 Å². The van der Waals surface area contributed by atoms with Crippen molar-refractivity contribution in [3.63, 3.8) is 0 Å². The van der Waals surface area contributed by atoms with Gasteiger partial charge in [-0.05, 0) is 19.5 Å². The van der Waals surface area contributed by atoms with Crippen LogP contribution in [-0.4, -0.2) is 33.5 Å². The Morgan fingerprint density at radius 1 is 1.17 bits per heavy atom. The van der Waals surface area contributed by atoms with Crippen LogP contribution >= 0.6 is 0 Å². The summed E-state index contributed by atoms with van der Waals surface area (Å²) in [7, 11) is 1.66. The van der Waals surface area contributed by atoms with E-state index in [0.717, 1.165) is 30.2 Å². The molecule has 0 aliphatic rings. The third-order valence-electron chi connectivity index (χ3n) is 2.53. The second-order valence-corrected chi connectivity index (χ2v) is 3.80. The van der Waals surface area contributed by atoms with Crippen LogP contribution in [0.3, 0.4) is 0 Å². The molecule has 4 heteroatoms. The Kier molecular flexibility index (Phi) is 7.22. The molecule has 0 amide bonds. The molecule has 0 bridgehead atoms. The summed E-state index contributed by atoms with van der Waals surface area (Å²) in [5, 5.41) is 3.29. The van der Waals surface area contributed by atoms with E-state index in [-0.39, 0.29) is 0 Å². The molecule has 0 unspecified atom stereocenters. The Morgan fingerprint density at radius 2 is 2.00 bits per heavy atom. The Labute approximate surface area is 109 Å². The average Bonchev–Trinajstić information content (AvgIpc) is 2.42. The monoisotopic (exact) mass is 253 g/mol. The molecule has 0 aromatic heterocycles. The van der Waals surface area contributed by atoms with Gasteiger partial charge in [-0.15, -0.1) is 0 Å². The molecule has 1 rings (SSSR count). The topological polar surface area (TPSA) is 39.7 Å². The maximum Gasteiger partial charge on any atom is 0.127 e. The number of methoxy groups -OCH3 is 1. The van der Waals surface area contributed by atoms with Crippen LogP contribution < -0.4 is 14.8 Å². The van der Waals surface area contributed by atoms with Gasteiger partial charge in [0.25, 0.3) is 0 Å². The summed E-state index contributed by atoms with van der Waals surface area (Å²) in [5.74, 6) is 1.66. The van der Waals surface area contributed by atoms with Crippen molar-refractivity contribution in [3.8, 4) is 11.5 Å². The molecule has 102 valence electrons. The number of hydrogen-bond donors (Lipinski definition) is 1. The van der Waals surface area contributed by atoms with Gasteiger partial charge in [0.1, 0.15) is 18.1 Å². The molecule has 0 fully saturated rings. The fourth-order valence-electron chi connectivity index (χ4n) is 1.56. The number of nitrogens with one attached hydrogen (secondary N) is 1. The van der Waals surface area contributed by atoms with Gasteiger partial charge in [0.2, 0.25) is 0 Å². The lowest BCUT2D eigenvalue weighted by Gasteiger charge is -2.13. The van der Waals surface area contributed by atoms with Gasteiger partial charge >= 0.3 is 0 Å². The molecule has 4 nitrogen and oxygen atoms in total. The summed E-state index contributed by atoms with van der Waals surface area (Å²) in [6.07, 6.45) is 0. The van der Waals surface area contributed by atoms with Crippen LogP contribution in [-0.2, 0) is 11.3 Å². The largest absolute Gasteiger partial charge is 0.497 e. The zero-order valence-electron chi connectivity index (χ0n) is 11.5. The molecule has 0 aliphatic heterocycles. The normalized spacial score (nSPS) is 10.4. The van der Waals surface area contributed by atoms with E-state index in [2.05, 4.69) is 12.2 Å². The Balaban J connectivity index is 2.63. The molecule has 0 saturated carbocycles. The molecular formula is C14H23NO3. The van der Waals surface area contributed by atoms with Gasteiger partial charge in [-0.2, -0.15) is 0 Å². The number of hydrogen-bond acceptors (Lipinski definition) is 4. The summed E-state index contributed by atoms with van der Waals surface area (Å²) in [6.45, 7) is 7.66. The van der Waals surface area contributed by atoms with Crippen molar-refractivity contribution in [1.29, 1.82) is 0 Å². The highest BCUT2D eigenvalue weighted by Gasteiger charge is 2.05. The average molecular weight is 253 g/mol. The zero-order chi connectivity index (χ0) is 13.2. The first-order chi connectivity index (χ1) is 8.81. The van der Waals surface area contributed by atoms with E-state index < -0.39 is 0 Å². The zero-order valence-corrected chi connectivity index (χ0v) is 11.5. The van der Waals surface area contributed by atoms with Gasteiger partial charge in [-0.1, -0.05) is 13.0 Å². The molecular weight excluding hydrogens is 230 g/mol. The first kappa shape index (κ1) is 14.8. The van der Waals surface area contributed by atoms with Gasteiger partial charge in [0, 0.05) is 24.8 Å². The highest BCUT2D eigenvalue weighted by atomic mass is 16.5. The van der Waals surface area contributed by atoms with Crippen molar-refractivity contribution in [2.24, 2.45) is 0 Å². The smallest absolute Gasteiger partial charge is 0.127 e. The van der Waals surface area contributed by atoms with E-state index in [4.69, 9.17) is 14.2 Å². The minimum atomic E-state index is 0.556. The molecule has 18 heavy (non-hydrogen) atoms. The molecule has 0 heterocycles. The predicted octanol–water partition coefficient (Wildman–Crippen LogP) is 2.22. The molecule has 0 atom stereocenters. The molecule has 0 saturated heterocycles. The quantitative estimate of drug-likeness (QED) is 0.685. The minimum absolute atomic E-state index is 0.556. The van der Waals surface area contributed by atoms with Crippen LogP contribution in [0.15, 0.2) is 18.2 Å². The van der Waals surface area contributed by atoms with Crippen molar-refractivity contribution in [2.75, 3.05) is 33.5 Å². The second kappa shape index (κ2) is 8.78. The summed E-state index contributed by atoms with van der Waals surface area (Å²) >= 11 is 0. The van der Waals surface area contributed by atoms with E-state index >= 15 is 0 Å². The van der Waals surface area contributed by atoms with Crippen molar-refractivity contribution in [1.82, 2.24) is 5.32 Å². The van der Waals surface area contributed by atoms with Crippen molar-refractivity contribution < 1.29 is 14.2 Å². The van der Waals surface area contributed by atoms with Gasteiger partial charge in [-0.3, -0.25) is 0 Å². The van der Waals surface area contributed by atoms with E-state index in [0.29, 0.717) is 19.8 Å². The van der Waals surface area contributed by atoms with Crippen molar-refractivity contribution in [2.45, 2.75) is 20.4 Å². The summed E-state index contributed by atoms with van der Waals surface area (Å²) in [6, 6.07) is 5.89. The van der Waals surface area contributed by atoms with E-state index in [9.17, 15) is 0 Å². The second-order valence-electron chi connectivity index (χ2n) is 3.80. The fourth-order valence-corrected chi connectivity index (χ4v) is 1.56. The fraction of sp³-hybridized carbons (Fsp3) is 0.571. The molecule has 0 spiro atoms. The van der Waals surface area contributed by atoms with Crippen LogP contribution in [0.1, 0.15) is 19.4 Å². The Bertz CT molecular complexity index is 342. The third kappa shape index (κ3) is 4.94. The molecule has 0 aliphatic carbocycles. The maximum atomic E-state index is 5.73. The van der Waals surface area contributed by atoms with Crippen LogP contribution in [0.4, 0.5) is 0 Å². The summed E-state index contributed by atoms with van der Waals surface area (Å²) < 4.78 is 16.2. The maximum absolute atomic E-state index is 5.73. The van der Waals surface area contributed by atoms with Crippen LogP contribution in [0.25, 0.3) is 0 Å². The number of rotatable bonds is 9. The van der Waals surface area contributed by atoms with Gasteiger partial charge < -0.3 is 19.5 Å². The Hall–Kier alpha value is -1.26. The van der Waals surface area contributed by atoms with Gasteiger partial charge in [0.15, 0.2) is 0 Å². The lowest BCUT2D eigenvalue weighted by molar-refractivity contribution is 0.109. The lowest BCUT2D eigenvalue weighted by atomic mass is 10.2. The van der Waals surface area contributed by atoms with Gasteiger partial charge in [-0.25, -0.2) is 0 Å². The number of benzene rings is 1. The first-order valence-corrected chi connectivity index (χ1v) is 6.40. The van der Waals surface area contributed by atoms with E-state index in [1.165, 1.54) is 0 Å². The highest BCUT2D eigenvalue weighted by molar-refractivity contribution is 5.40. The number of ether oxygens (including phenoxy) is 3.